The normalized spacial score (nSPS) is 11.2. The first kappa shape index (κ1) is 7.21. The van der Waals surface area contributed by atoms with Gasteiger partial charge < -0.3 is 0 Å². The number of hydrogen-bond acceptors (Lipinski definition) is 3. The van der Waals surface area contributed by atoms with Crippen LogP contribution >= 0.6 is 0 Å². The van der Waals surface area contributed by atoms with Crippen LogP contribution < -0.4 is 0 Å². The van der Waals surface area contributed by atoms with Gasteiger partial charge in [-0.15, -0.1) is 0 Å². The zero-order valence-corrected chi connectivity index (χ0v) is 7.07. The van der Waals surface area contributed by atoms with Crippen molar-refractivity contribution in [1.29, 1.82) is 0 Å². The molecule has 0 fully saturated rings. The fourth-order valence-corrected chi connectivity index (χ4v) is 1.03. The molecule has 0 aliphatic carbocycles. The molecule has 0 aliphatic rings. The Kier molecular flexibility index (Phi) is 1.53. The van der Waals surface area contributed by atoms with Crippen LogP contribution in [0, 0.1) is 0 Å². The molecular formula is C8H10N4. The van der Waals surface area contributed by atoms with E-state index in [0.29, 0.717) is 5.92 Å². The third-order valence-corrected chi connectivity index (χ3v) is 1.77. The summed E-state index contributed by atoms with van der Waals surface area (Å²) in [6.45, 7) is 4.19. The average molecular weight is 162 g/mol. The van der Waals surface area contributed by atoms with E-state index in [0.717, 1.165) is 16.9 Å². The highest BCUT2D eigenvalue weighted by Crippen LogP contribution is 2.12. The lowest BCUT2D eigenvalue weighted by molar-refractivity contribution is 0.821. The van der Waals surface area contributed by atoms with Gasteiger partial charge in [-0.2, -0.15) is 5.10 Å². The van der Waals surface area contributed by atoms with Gasteiger partial charge in [-0.05, 0) is 5.92 Å². The Balaban J connectivity index is 2.60. The van der Waals surface area contributed by atoms with Crippen molar-refractivity contribution >= 4 is 11.2 Å². The lowest BCUT2D eigenvalue weighted by Gasteiger charge is -2.01. The van der Waals surface area contributed by atoms with Crippen molar-refractivity contribution in [2.45, 2.75) is 19.8 Å². The van der Waals surface area contributed by atoms with E-state index in [1.807, 2.05) is 0 Å². The van der Waals surface area contributed by atoms with Gasteiger partial charge in [0.15, 0.2) is 5.65 Å². The first-order valence-corrected chi connectivity index (χ1v) is 3.93. The summed E-state index contributed by atoms with van der Waals surface area (Å²) in [6, 6.07) is 0. The molecule has 0 aromatic carbocycles. The molecular weight excluding hydrogens is 152 g/mol. The van der Waals surface area contributed by atoms with E-state index in [1.54, 1.807) is 12.4 Å². The monoisotopic (exact) mass is 162 g/mol. The van der Waals surface area contributed by atoms with E-state index < -0.39 is 0 Å². The predicted octanol–water partition coefficient (Wildman–Crippen LogP) is 1.48. The van der Waals surface area contributed by atoms with Gasteiger partial charge in [-0.1, -0.05) is 13.8 Å². The first-order chi connectivity index (χ1) is 5.77. The van der Waals surface area contributed by atoms with Crippen LogP contribution in [0.5, 0.6) is 0 Å². The molecule has 0 radical (unpaired) electrons. The van der Waals surface area contributed by atoms with Crippen LogP contribution in [-0.2, 0) is 0 Å². The molecule has 2 aromatic heterocycles. The van der Waals surface area contributed by atoms with Gasteiger partial charge in [0.25, 0.3) is 0 Å². The summed E-state index contributed by atoms with van der Waals surface area (Å²) in [5.41, 5.74) is 2.59. The minimum atomic E-state index is 0.414. The number of hydrogen-bond donors (Lipinski definition) is 1. The summed E-state index contributed by atoms with van der Waals surface area (Å²) < 4.78 is 0. The molecule has 12 heavy (non-hydrogen) atoms. The van der Waals surface area contributed by atoms with Crippen LogP contribution in [0.25, 0.3) is 11.2 Å². The second-order valence-electron chi connectivity index (χ2n) is 3.05. The smallest absolute Gasteiger partial charge is 0.174 e. The quantitative estimate of drug-likeness (QED) is 0.690. The molecule has 62 valence electrons. The van der Waals surface area contributed by atoms with Gasteiger partial charge in [0.1, 0.15) is 5.52 Å². The van der Waals surface area contributed by atoms with Gasteiger partial charge in [-0.3, -0.25) is 5.10 Å². The van der Waals surface area contributed by atoms with Crippen molar-refractivity contribution in [3.05, 3.63) is 18.1 Å². The van der Waals surface area contributed by atoms with Crippen LogP contribution in [0.1, 0.15) is 25.5 Å². The zero-order valence-electron chi connectivity index (χ0n) is 7.07. The number of rotatable bonds is 1. The highest BCUT2D eigenvalue weighted by Gasteiger charge is 2.03. The minimum absolute atomic E-state index is 0.414. The number of aromatic nitrogens is 4. The van der Waals surface area contributed by atoms with Crippen LogP contribution in [0.2, 0.25) is 0 Å². The molecule has 0 unspecified atom stereocenters. The molecule has 1 N–H and O–H groups in total. The summed E-state index contributed by atoms with van der Waals surface area (Å²) in [6.07, 6.45) is 3.47. The molecule has 2 rings (SSSR count). The van der Waals surface area contributed by atoms with Gasteiger partial charge in [0, 0.05) is 0 Å². The van der Waals surface area contributed by atoms with Crippen LogP contribution in [-0.4, -0.2) is 20.2 Å². The number of nitrogens with zero attached hydrogens (tertiary/aromatic N) is 3. The molecule has 0 saturated carbocycles. The summed E-state index contributed by atoms with van der Waals surface area (Å²) in [7, 11) is 0. The second-order valence-corrected chi connectivity index (χ2v) is 3.05. The van der Waals surface area contributed by atoms with Gasteiger partial charge in [0.2, 0.25) is 0 Å². The largest absolute Gasteiger partial charge is 0.259 e. The van der Waals surface area contributed by atoms with Crippen LogP contribution in [0.15, 0.2) is 12.4 Å². The van der Waals surface area contributed by atoms with E-state index in [1.165, 1.54) is 0 Å². The average Bonchev–Trinajstić information content (AvgIpc) is 2.49. The second kappa shape index (κ2) is 2.55. The molecule has 4 nitrogen and oxygen atoms in total. The zero-order chi connectivity index (χ0) is 8.55. The number of fused-ring (bicyclic) bond motifs is 1. The molecule has 2 heterocycles. The molecule has 0 bridgehead atoms. The Morgan fingerprint density at radius 2 is 2.17 bits per heavy atom. The molecule has 0 spiro atoms. The van der Waals surface area contributed by atoms with Crippen molar-refractivity contribution < 1.29 is 0 Å². The number of aromatic amines is 1. The Labute approximate surface area is 70.0 Å². The van der Waals surface area contributed by atoms with E-state index >= 15 is 0 Å². The molecule has 2 aromatic rings. The van der Waals surface area contributed by atoms with E-state index in [2.05, 4.69) is 34.0 Å². The number of nitrogens with one attached hydrogen (secondary N) is 1. The highest BCUT2D eigenvalue weighted by molar-refractivity contribution is 5.67. The first-order valence-electron chi connectivity index (χ1n) is 3.93. The molecule has 0 saturated heterocycles. The van der Waals surface area contributed by atoms with Crippen molar-refractivity contribution in [1.82, 2.24) is 20.2 Å². The van der Waals surface area contributed by atoms with Crippen molar-refractivity contribution in [2.75, 3.05) is 0 Å². The maximum absolute atomic E-state index is 4.38. The Morgan fingerprint density at radius 1 is 1.33 bits per heavy atom. The Bertz CT molecular complexity index is 391. The van der Waals surface area contributed by atoms with E-state index in [-0.39, 0.29) is 0 Å². The standard InChI is InChI=1S/C8H10N4/c1-5(2)6-3-9-8-7(11-6)4-10-12-8/h3-5H,1-2H3,(H,9,10,12). The van der Waals surface area contributed by atoms with Crippen LogP contribution in [0.4, 0.5) is 0 Å². The van der Waals surface area contributed by atoms with E-state index in [9.17, 15) is 0 Å². The molecule has 0 aliphatic heterocycles. The third kappa shape index (κ3) is 1.05. The summed E-state index contributed by atoms with van der Waals surface area (Å²) in [5.74, 6) is 0.414. The molecule has 0 amide bonds. The summed E-state index contributed by atoms with van der Waals surface area (Å²) in [4.78, 5) is 8.56. The molecule has 4 heteroatoms. The lowest BCUT2D eigenvalue weighted by Crippen LogP contribution is -1.93. The van der Waals surface area contributed by atoms with Crippen molar-refractivity contribution in [3.63, 3.8) is 0 Å². The highest BCUT2D eigenvalue weighted by atomic mass is 15.1. The van der Waals surface area contributed by atoms with E-state index in [4.69, 9.17) is 0 Å². The lowest BCUT2D eigenvalue weighted by atomic mass is 10.1. The SMILES string of the molecule is CC(C)c1cnc2[nH]ncc2n1. The topological polar surface area (TPSA) is 54.5 Å². The predicted molar refractivity (Wildman–Crippen MR) is 45.8 cm³/mol. The Hall–Kier alpha value is -1.45. The van der Waals surface area contributed by atoms with Gasteiger partial charge in [-0.25, -0.2) is 9.97 Å². The number of H-pyrrole nitrogens is 1. The molecule has 0 atom stereocenters. The minimum Gasteiger partial charge on any atom is -0.259 e. The maximum atomic E-state index is 4.38. The third-order valence-electron chi connectivity index (χ3n) is 1.77. The summed E-state index contributed by atoms with van der Waals surface area (Å²) in [5, 5.41) is 6.61. The Morgan fingerprint density at radius 3 is 2.92 bits per heavy atom. The van der Waals surface area contributed by atoms with Crippen molar-refractivity contribution in [3.8, 4) is 0 Å². The van der Waals surface area contributed by atoms with Crippen molar-refractivity contribution in [2.24, 2.45) is 0 Å². The summed E-state index contributed by atoms with van der Waals surface area (Å²) >= 11 is 0. The van der Waals surface area contributed by atoms with Gasteiger partial charge in [0.05, 0.1) is 18.1 Å². The van der Waals surface area contributed by atoms with Gasteiger partial charge >= 0.3 is 0 Å². The van der Waals surface area contributed by atoms with Crippen LogP contribution in [0.3, 0.4) is 0 Å². The maximum Gasteiger partial charge on any atom is 0.174 e. The fraction of sp³-hybridized carbons (Fsp3) is 0.375. The fourth-order valence-electron chi connectivity index (χ4n) is 1.03.